The monoisotopic (exact) mass is 287 g/mol. The Labute approximate surface area is 123 Å². The number of rotatable bonds is 4. The van der Waals surface area contributed by atoms with Gasteiger partial charge in [0.15, 0.2) is 0 Å². The molecule has 3 nitrogen and oxygen atoms in total. The first-order valence-corrected chi connectivity index (χ1v) is 6.72. The van der Waals surface area contributed by atoms with E-state index in [4.69, 9.17) is 4.74 Å². The van der Waals surface area contributed by atoms with Crippen LogP contribution in [-0.4, -0.2) is 13.0 Å². The van der Waals surface area contributed by atoms with Crippen LogP contribution >= 0.6 is 0 Å². The summed E-state index contributed by atoms with van der Waals surface area (Å²) in [4.78, 5) is 12.1. The Morgan fingerprint density at radius 2 is 1.86 bits per heavy atom. The summed E-state index contributed by atoms with van der Waals surface area (Å²) in [5, 5.41) is 2.79. The number of halogens is 1. The summed E-state index contributed by atoms with van der Waals surface area (Å²) in [6, 6.07) is 11.7. The first-order chi connectivity index (χ1) is 10.0. The second kappa shape index (κ2) is 6.39. The van der Waals surface area contributed by atoms with Crippen LogP contribution < -0.4 is 10.1 Å². The summed E-state index contributed by atoms with van der Waals surface area (Å²) in [7, 11) is 1.60. The number of nitrogens with one attached hydrogen (secondary N) is 1. The molecule has 0 saturated heterocycles. The Morgan fingerprint density at radius 1 is 1.19 bits per heavy atom. The van der Waals surface area contributed by atoms with Crippen molar-refractivity contribution in [3.05, 3.63) is 65.0 Å². The highest BCUT2D eigenvalue weighted by molar-refractivity contribution is 5.94. The summed E-state index contributed by atoms with van der Waals surface area (Å²) in [5.74, 6) is -0.174. The first kappa shape index (κ1) is 15.0. The molecule has 1 atom stereocenters. The zero-order valence-electron chi connectivity index (χ0n) is 12.3. The third kappa shape index (κ3) is 3.60. The van der Waals surface area contributed by atoms with Gasteiger partial charge in [-0.2, -0.15) is 0 Å². The molecule has 0 saturated carbocycles. The Kier molecular flexibility index (Phi) is 4.58. The Bertz CT molecular complexity index is 638. The molecule has 1 N–H and O–H groups in total. The predicted octanol–water partition coefficient (Wildman–Crippen LogP) is 3.63. The summed E-state index contributed by atoms with van der Waals surface area (Å²) in [6.45, 7) is 3.64. The van der Waals surface area contributed by atoms with Gasteiger partial charge in [0.2, 0.25) is 0 Å². The highest BCUT2D eigenvalue weighted by Crippen LogP contribution is 2.18. The van der Waals surface area contributed by atoms with Crippen LogP contribution in [0.5, 0.6) is 5.75 Å². The van der Waals surface area contributed by atoms with Gasteiger partial charge in [-0.15, -0.1) is 0 Å². The lowest BCUT2D eigenvalue weighted by Crippen LogP contribution is -2.27. The van der Waals surface area contributed by atoms with Crippen molar-refractivity contribution in [3.8, 4) is 5.75 Å². The maximum atomic E-state index is 13.8. The summed E-state index contributed by atoms with van der Waals surface area (Å²) in [6.07, 6.45) is 0. The summed E-state index contributed by atoms with van der Waals surface area (Å²) < 4.78 is 18.9. The van der Waals surface area contributed by atoms with Crippen molar-refractivity contribution < 1.29 is 13.9 Å². The van der Waals surface area contributed by atoms with E-state index in [1.165, 1.54) is 12.1 Å². The van der Waals surface area contributed by atoms with E-state index in [0.29, 0.717) is 0 Å². The van der Waals surface area contributed by atoms with Crippen LogP contribution in [0.2, 0.25) is 0 Å². The number of aryl methyl sites for hydroxylation is 1. The largest absolute Gasteiger partial charge is 0.497 e. The second-order valence-corrected chi connectivity index (χ2v) is 4.95. The van der Waals surface area contributed by atoms with E-state index in [2.05, 4.69) is 5.32 Å². The van der Waals surface area contributed by atoms with Gasteiger partial charge < -0.3 is 10.1 Å². The van der Waals surface area contributed by atoms with E-state index in [1.54, 1.807) is 20.1 Å². The molecule has 0 fully saturated rings. The number of hydrogen-bond donors (Lipinski definition) is 1. The second-order valence-electron chi connectivity index (χ2n) is 4.95. The van der Waals surface area contributed by atoms with Gasteiger partial charge in [-0.3, -0.25) is 4.79 Å². The summed E-state index contributed by atoms with van der Waals surface area (Å²) in [5.41, 5.74) is 1.77. The molecular formula is C17H18FNO2. The van der Waals surface area contributed by atoms with Crippen molar-refractivity contribution in [3.63, 3.8) is 0 Å². The van der Waals surface area contributed by atoms with Crippen LogP contribution in [0, 0.1) is 12.7 Å². The smallest absolute Gasteiger partial charge is 0.254 e. The average Bonchev–Trinajstić information content (AvgIpc) is 2.47. The fourth-order valence-electron chi connectivity index (χ4n) is 2.05. The van der Waals surface area contributed by atoms with E-state index in [9.17, 15) is 9.18 Å². The molecule has 0 spiro atoms. The number of ether oxygens (including phenoxy) is 1. The third-order valence-electron chi connectivity index (χ3n) is 3.33. The van der Waals surface area contributed by atoms with Crippen LogP contribution in [0.15, 0.2) is 42.5 Å². The number of methoxy groups -OCH3 is 1. The van der Waals surface area contributed by atoms with Crippen molar-refractivity contribution >= 4 is 5.91 Å². The van der Waals surface area contributed by atoms with Crippen molar-refractivity contribution in [1.29, 1.82) is 0 Å². The SMILES string of the molecule is COc1ccc(C(C)NC(=O)c2ccc(C)cc2F)cc1. The van der Waals surface area contributed by atoms with Gasteiger partial charge in [0, 0.05) is 0 Å². The molecule has 110 valence electrons. The molecule has 21 heavy (non-hydrogen) atoms. The maximum Gasteiger partial charge on any atom is 0.254 e. The lowest BCUT2D eigenvalue weighted by atomic mass is 10.1. The number of hydrogen-bond acceptors (Lipinski definition) is 2. The lowest BCUT2D eigenvalue weighted by Gasteiger charge is -2.15. The summed E-state index contributed by atoms with van der Waals surface area (Å²) >= 11 is 0. The third-order valence-corrected chi connectivity index (χ3v) is 3.33. The molecule has 0 radical (unpaired) electrons. The van der Waals surface area contributed by atoms with Gasteiger partial charge >= 0.3 is 0 Å². The Hall–Kier alpha value is -2.36. The number of amides is 1. The van der Waals surface area contributed by atoms with Crippen LogP contribution in [-0.2, 0) is 0 Å². The highest BCUT2D eigenvalue weighted by Gasteiger charge is 2.15. The lowest BCUT2D eigenvalue weighted by molar-refractivity contribution is 0.0936. The quantitative estimate of drug-likeness (QED) is 0.932. The van der Waals surface area contributed by atoms with Gasteiger partial charge in [0.25, 0.3) is 5.91 Å². The van der Waals surface area contributed by atoms with E-state index >= 15 is 0 Å². The maximum absolute atomic E-state index is 13.8. The van der Waals surface area contributed by atoms with Crippen LogP contribution in [0.1, 0.15) is 34.5 Å². The van der Waals surface area contributed by atoms with Crippen molar-refractivity contribution in [2.75, 3.05) is 7.11 Å². The van der Waals surface area contributed by atoms with E-state index in [-0.39, 0.29) is 11.6 Å². The van der Waals surface area contributed by atoms with E-state index < -0.39 is 11.7 Å². The standard InChI is InChI=1S/C17H18FNO2/c1-11-4-9-15(16(18)10-11)17(20)19-12(2)13-5-7-14(21-3)8-6-13/h4-10,12H,1-3H3,(H,19,20). The fraction of sp³-hybridized carbons (Fsp3) is 0.235. The molecule has 0 bridgehead atoms. The minimum atomic E-state index is -0.505. The average molecular weight is 287 g/mol. The van der Waals surface area contributed by atoms with Gasteiger partial charge in [-0.1, -0.05) is 18.2 Å². The van der Waals surface area contributed by atoms with Gasteiger partial charge in [0.1, 0.15) is 11.6 Å². The van der Waals surface area contributed by atoms with E-state index in [0.717, 1.165) is 16.9 Å². The molecule has 1 amide bonds. The highest BCUT2D eigenvalue weighted by atomic mass is 19.1. The van der Waals surface area contributed by atoms with Gasteiger partial charge in [-0.05, 0) is 49.2 Å². The molecule has 2 aromatic rings. The molecule has 2 rings (SSSR count). The molecule has 0 aliphatic carbocycles. The van der Waals surface area contributed by atoms with E-state index in [1.807, 2.05) is 31.2 Å². The molecule has 0 aromatic heterocycles. The minimum Gasteiger partial charge on any atom is -0.497 e. The Morgan fingerprint density at radius 3 is 2.43 bits per heavy atom. The van der Waals surface area contributed by atoms with Crippen LogP contribution in [0.4, 0.5) is 4.39 Å². The van der Waals surface area contributed by atoms with Crippen LogP contribution in [0.3, 0.4) is 0 Å². The molecule has 4 heteroatoms. The molecular weight excluding hydrogens is 269 g/mol. The molecule has 1 unspecified atom stereocenters. The van der Waals surface area contributed by atoms with Crippen molar-refractivity contribution in [2.45, 2.75) is 19.9 Å². The number of carbonyl (C=O) groups excluding carboxylic acids is 1. The predicted molar refractivity (Wildman–Crippen MR) is 80.0 cm³/mol. The van der Waals surface area contributed by atoms with Crippen LogP contribution in [0.25, 0.3) is 0 Å². The van der Waals surface area contributed by atoms with Crippen molar-refractivity contribution in [2.24, 2.45) is 0 Å². The molecule has 0 aliphatic heterocycles. The van der Waals surface area contributed by atoms with Gasteiger partial charge in [-0.25, -0.2) is 4.39 Å². The van der Waals surface area contributed by atoms with Crippen molar-refractivity contribution in [1.82, 2.24) is 5.32 Å². The zero-order chi connectivity index (χ0) is 15.4. The number of benzene rings is 2. The molecule has 0 heterocycles. The fourth-order valence-corrected chi connectivity index (χ4v) is 2.05. The van der Waals surface area contributed by atoms with Gasteiger partial charge in [0.05, 0.1) is 18.7 Å². The topological polar surface area (TPSA) is 38.3 Å². The zero-order valence-corrected chi connectivity index (χ0v) is 12.3. The molecule has 0 aliphatic rings. The first-order valence-electron chi connectivity index (χ1n) is 6.72. The number of carbonyl (C=O) groups is 1. The Balaban J connectivity index is 2.10. The molecule has 2 aromatic carbocycles. The minimum absolute atomic E-state index is 0.0564. The normalized spacial score (nSPS) is 11.8.